The third-order valence-electron chi connectivity index (χ3n) is 3.09. The van der Waals surface area contributed by atoms with E-state index in [1.54, 1.807) is 12.1 Å². The molecular weight excluding hydrogens is 226 g/mol. The maximum atomic E-state index is 9.59. The van der Waals surface area contributed by atoms with Crippen molar-refractivity contribution in [3.8, 4) is 11.5 Å². The fraction of sp³-hybridized carbons (Fsp3) is 0.600. The molecule has 0 radical (unpaired) electrons. The van der Waals surface area contributed by atoms with E-state index in [9.17, 15) is 5.11 Å². The van der Waals surface area contributed by atoms with E-state index in [0.717, 1.165) is 12.1 Å². The highest BCUT2D eigenvalue weighted by Gasteiger charge is 2.01. The molecule has 0 amide bonds. The molecule has 0 saturated heterocycles. The van der Waals surface area contributed by atoms with E-state index < -0.39 is 0 Å². The molecule has 0 aliphatic carbocycles. The molecule has 1 rings (SSSR count). The molecule has 1 aromatic rings. The summed E-state index contributed by atoms with van der Waals surface area (Å²) in [6.07, 6.45) is 7.75. The Labute approximate surface area is 110 Å². The van der Waals surface area contributed by atoms with Crippen molar-refractivity contribution < 1.29 is 10.2 Å². The lowest BCUT2D eigenvalue weighted by Crippen LogP contribution is -2.14. The van der Waals surface area contributed by atoms with Crippen LogP contribution in [0.3, 0.4) is 0 Å². The standard InChI is InChI=1S/C15H25NO2/c1-2-3-4-5-6-7-10-16-12-13-8-9-14(17)11-15(13)18/h8-9,11,16-18H,2-7,10,12H2,1H3. The Morgan fingerprint density at radius 3 is 2.44 bits per heavy atom. The van der Waals surface area contributed by atoms with E-state index in [4.69, 9.17) is 5.11 Å². The Morgan fingerprint density at radius 2 is 1.72 bits per heavy atom. The van der Waals surface area contributed by atoms with Gasteiger partial charge in [-0.05, 0) is 19.0 Å². The number of phenolic OH excluding ortho intramolecular Hbond substituents is 2. The van der Waals surface area contributed by atoms with E-state index in [2.05, 4.69) is 12.2 Å². The summed E-state index contributed by atoms with van der Waals surface area (Å²) >= 11 is 0. The lowest BCUT2D eigenvalue weighted by molar-refractivity contribution is 0.443. The Hall–Kier alpha value is -1.22. The van der Waals surface area contributed by atoms with Gasteiger partial charge >= 0.3 is 0 Å². The maximum absolute atomic E-state index is 9.59. The number of unbranched alkanes of at least 4 members (excludes halogenated alkanes) is 5. The van der Waals surface area contributed by atoms with Crippen LogP contribution in [0, 0.1) is 0 Å². The number of phenols is 2. The molecule has 0 fully saturated rings. The Bertz CT molecular complexity index is 339. The van der Waals surface area contributed by atoms with Crippen LogP contribution in [-0.2, 0) is 6.54 Å². The van der Waals surface area contributed by atoms with Gasteiger partial charge in [-0.1, -0.05) is 45.1 Å². The SMILES string of the molecule is CCCCCCCCNCc1ccc(O)cc1O. The third kappa shape index (κ3) is 5.92. The quantitative estimate of drug-likeness (QED) is 0.588. The predicted octanol–water partition coefficient (Wildman–Crippen LogP) is 3.55. The fourth-order valence-corrected chi connectivity index (χ4v) is 1.96. The second-order valence-corrected chi connectivity index (χ2v) is 4.76. The zero-order chi connectivity index (χ0) is 13.2. The van der Waals surface area contributed by atoms with Gasteiger partial charge in [-0.3, -0.25) is 0 Å². The number of benzene rings is 1. The average molecular weight is 251 g/mol. The fourth-order valence-electron chi connectivity index (χ4n) is 1.96. The molecule has 0 heterocycles. The number of aromatic hydroxyl groups is 2. The minimum Gasteiger partial charge on any atom is -0.508 e. The molecule has 0 aliphatic rings. The van der Waals surface area contributed by atoms with Crippen molar-refractivity contribution in [2.24, 2.45) is 0 Å². The molecule has 0 spiro atoms. The van der Waals surface area contributed by atoms with Gasteiger partial charge in [0.2, 0.25) is 0 Å². The molecule has 3 nitrogen and oxygen atoms in total. The van der Waals surface area contributed by atoms with Gasteiger partial charge in [-0.2, -0.15) is 0 Å². The van der Waals surface area contributed by atoms with Crippen LogP contribution in [0.15, 0.2) is 18.2 Å². The second kappa shape index (κ2) is 8.81. The minimum absolute atomic E-state index is 0.104. The van der Waals surface area contributed by atoms with Gasteiger partial charge in [0.25, 0.3) is 0 Å². The number of hydrogen-bond acceptors (Lipinski definition) is 3. The number of hydrogen-bond donors (Lipinski definition) is 3. The summed E-state index contributed by atoms with van der Waals surface area (Å²) < 4.78 is 0. The Kier molecular flexibility index (Phi) is 7.26. The molecule has 0 atom stereocenters. The summed E-state index contributed by atoms with van der Waals surface area (Å²) in [7, 11) is 0. The summed E-state index contributed by atoms with van der Waals surface area (Å²) in [4.78, 5) is 0. The van der Waals surface area contributed by atoms with Crippen LogP contribution < -0.4 is 5.32 Å². The molecule has 3 N–H and O–H groups in total. The van der Waals surface area contributed by atoms with Crippen molar-refractivity contribution in [2.45, 2.75) is 52.0 Å². The number of nitrogens with one attached hydrogen (secondary N) is 1. The van der Waals surface area contributed by atoms with Crippen molar-refractivity contribution in [1.82, 2.24) is 5.32 Å². The van der Waals surface area contributed by atoms with Gasteiger partial charge < -0.3 is 15.5 Å². The van der Waals surface area contributed by atoms with Crippen LogP contribution in [0.25, 0.3) is 0 Å². The molecule has 0 unspecified atom stereocenters. The molecule has 3 heteroatoms. The van der Waals surface area contributed by atoms with Gasteiger partial charge in [0, 0.05) is 18.2 Å². The average Bonchev–Trinajstić information content (AvgIpc) is 2.35. The van der Waals surface area contributed by atoms with E-state index in [-0.39, 0.29) is 11.5 Å². The highest BCUT2D eigenvalue weighted by atomic mass is 16.3. The maximum Gasteiger partial charge on any atom is 0.123 e. The van der Waals surface area contributed by atoms with Crippen LogP contribution in [0.2, 0.25) is 0 Å². The molecule has 102 valence electrons. The van der Waals surface area contributed by atoms with Crippen molar-refractivity contribution in [3.63, 3.8) is 0 Å². The normalized spacial score (nSPS) is 10.7. The van der Waals surface area contributed by atoms with Crippen molar-refractivity contribution >= 4 is 0 Å². The van der Waals surface area contributed by atoms with Gasteiger partial charge in [0.1, 0.15) is 11.5 Å². The van der Waals surface area contributed by atoms with Crippen LogP contribution in [-0.4, -0.2) is 16.8 Å². The van der Waals surface area contributed by atoms with Gasteiger partial charge in [-0.25, -0.2) is 0 Å². The largest absolute Gasteiger partial charge is 0.508 e. The van der Waals surface area contributed by atoms with Gasteiger partial charge in [-0.15, -0.1) is 0 Å². The minimum atomic E-state index is 0.104. The number of rotatable bonds is 9. The first-order valence-corrected chi connectivity index (χ1v) is 6.95. The Morgan fingerprint density at radius 1 is 1.00 bits per heavy atom. The first-order valence-electron chi connectivity index (χ1n) is 6.95. The molecule has 0 bridgehead atoms. The van der Waals surface area contributed by atoms with E-state index in [0.29, 0.717) is 6.54 Å². The molecule has 0 aromatic heterocycles. The molecular formula is C15H25NO2. The van der Waals surface area contributed by atoms with E-state index in [1.165, 1.54) is 44.6 Å². The smallest absolute Gasteiger partial charge is 0.123 e. The predicted molar refractivity (Wildman–Crippen MR) is 74.9 cm³/mol. The van der Waals surface area contributed by atoms with E-state index >= 15 is 0 Å². The first-order chi connectivity index (χ1) is 8.74. The van der Waals surface area contributed by atoms with Crippen molar-refractivity contribution in [2.75, 3.05) is 6.54 Å². The highest BCUT2D eigenvalue weighted by Crippen LogP contribution is 2.22. The summed E-state index contributed by atoms with van der Waals surface area (Å²) in [6.45, 7) is 3.86. The van der Waals surface area contributed by atoms with Crippen molar-refractivity contribution in [1.29, 1.82) is 0 Å². The van der Waals surface area contributed by atoms with Crippen LogP contribution in [0.1, 0.15) is 51.0 Å². The van der Waals surface area contributed by atoms with Crippen LogP contribution in [0.4, 0.5) is 0 Å². The van der Waals surface area contributed by atoms with E-state index in [1.807, 2.05) is 0 Å². The second-order valence-electron chi connectivity index (χ2n) is 4.76. The summed E-state index contributed by atoms with van der Waals surface area (Å²) in [5, 5.41) is 22.1. The lowest BCUT2D eigenvalue weighted by Gasteiger charge is -2.07. The zero-order valence-corrected chi connectivity index (χ0v) is 11.3. The monoisotopic (exact) mass is 251 g/mol. The topological polar surface area (TPSA) is 52.5 Å². The first kappa shape index (κ1) is 14.8. The van der Waals surface area contributed by atoms with Gasteiger partial charge in [0.15, 0.2) is 0 Å². The Balaban J connectivity index is 2.07. The van der Waals surface area contributed by atoms with Crippen LogP contribution >= 0.6 is 0 Å². The molecule has 0 aliphatic heterocycles. The summed E-state index contributed by atoms with van der Waals surface area (Å²) in [5.74, 6) is 0.262. The molecule has 18 heavy (non-hydrogen) atoms. The van der Waals surface area contributed by atoms with Crippen molar-refractivity contribution in [3.05, 3.63) is 23.8 Å². The summed E-state index contributed by atoms with van der Waals surface area (Å²) in [6, 6.07) is 4.72. The molecule has 0 saturated carbocycles. The zero-order valence-electron chi connectivity index (χ0n) is 11.3. The third-order valence-corrected chi connectivity index (χ3v) is 3.09. The molecule has 1 aromatic carbocycles. The summed E-state index contributed by atoms with van der Waals surface area (Å²) in [5.41, 5.74) is 0.832. The highest BCUT2D eigenvalue weighted by molar-refractivity contribution is 5.38. The van der Waals surface area contributed by atoms with Crippen LogP contribution in [0.5, 0.6) is 11.5 Å². The van der Waals surface area contributed by atoms with Gasteiger partial charge in [0.05, 0.1) is 0 Å². The lowest BCUT2D eigenvalue weighted by atomic mass is 10.1.